The van der Waals surface area contributed by atoms with Gasteiger partial charge in [-0.05, 0) is 42.7 Å². The van der Waals surface area contributed by atoms with Crippen LogP contribution in [-0.4, -0.2) is 44.7 Å². The molecular formula is C24H27ClN2O6. The van der Waals surface area contributed by atoms with Gasteiger partial charge in [0.15, 0.2) is 18.1 Å². The number of ether oxygens (including phenoxy) is 3. The van der Waals surface area contributed by atoms with Gasteiger partial charge in [-0.2, -0.15) is 0 Å². The molecule has 0 aromatic heterocycles. The van der Waals surface area contributed by atoms with E-state index in [9.17, 15) is 14.4 Å². The van der Waals surface area contributed by atoms with Crippen LogP contribution in [0.1, 0.15) is 37.0 Å². The van der Waals surface area contributed by atoms with E-state index in [1.54, 1.807) is 23.1 Å². The molecule has 3 rings (SSSR count). The Bertz CT molecular complexity index is 1040. The maximum atomic E-state index is 12.5. The Kier molecular flexibility index (Phi) is 8.16. The van der Waals surface area contributed by atoms with Crippen LogP contribution in [0.2, 0.25) is 5.02 Å². The lowest BCUT2D eigenvalue weighted by atomic mass is 10.2. The monoisotopic (exact) mass is 474 g/mol. The van der Waals surface area contributed by atoms with Crippen LogP contribution in [-0.2, 0) is 14.3 Å². The average molecular weight is 475 g/mol. The molecule has 0 spiro atoms. The molecule has 0 atom stereocenters. The lowest BCUT2D eigenvalue weighted by Gasteiger charge is -2.17. The van der Waals surface area contributed by atoms with Gasteiger partial charge in [-0.1, -0.05) is 31.5 Å². The van der Waals surface area contributed by atoms with Gasteiger partial charge in [-0.15, -0.1) is 0 Å². The van der Waals surface area contributed by atoms with Crippen molar-refractivity contribution >= 4 is 40.8 Å². The predicted molar refractivity (Wildman–Crippen MR) is 125 cm³/mol. The molecule has 0 unspecified atom stereocenters. The van der Waals surface area contributed by atoms with Gasteiger partial charge in [0.1, 0.15) is 0 Å². The van der Waals surface area contributed by atoms with Crippen molar-refractivity contribution in [3.05, 3.63) is 47.0 Å². The molecule has 0 saturated carbocycles. The number of esters is 1. The molecule has 2 aromatic carbocycles. The van der Waals surface area contributed by atoms with E-state index < -0.39 is 18.5 Å². The molecule has 1 fully saturated rings. The van der Waals surface area contributed by atoms with Crippen LogP contribution in [0.25, 0.3) is 0 Å². The first-order chi connectivity index (χ1) is 15.8. The molecule has 33 heavy (non-hydrogen) atoms. The van der Waals surface area contributed by atoms with Crippen LogP contribution < -0.4 is 19.7 Å². The van der Waals surface area contributed by atoms with Gasteiger partial charge < -0.3 is 24.4 Å². The topological polar surface area (TPSA) is 94.2 Å². The van der Waals surface area contributed by atoms with Crippen molar-refractivity contribution in [3.63, 3.8) is 0 Å². The summed E-state index contributed by atoms with van der Waals surface area (Å²) >= 11 is 6.27. The Morgan fingerprint density at radius 3 is 2.67 bits per heavy atom. The fourth-order valence-corrected chi connectivity index (χ4v) is 3.58. The lowest BCUT2D eigenvalue weighted by Crippen LogP contribution is -2.24. The van der Waals surface area contributed by atoms with E-state index in [1.807, 2.05) is 19.9 Å². The van der Waals surface area contributed by atoms with E-state index in [1.165, 1.54) is 19.2 Å². The van der Waals surface area contributed by atoms with E-state index in [4.69, 9.17) is 25.8 Å². The Labute approximate surface area is 197 Å². The average Bonchev–Trinajstić information content (AvgIpc) is 3.22. The smallest absolute Gasteiger partial charge is 0.338 e. The Morgan fingerprint density at radius 1 is 1.21 bits per heavy atom. The zero-order valence-corrected chi connectivity index (χ0v) is 19.6. The van der Waals surface area contributed by atoms with Crippen molar-refractivity contribution in [3.8, 4) is 11.5 Å². The predicted octanol–water partition coefficient (Wildman–Crippen LogP) is 4.31. The molecule has 0 radical (unpaired) electrons. The van der Waals surface area contributed by atoms with Gasteiger partial charge in [-0.25, -0.2) is 4.79 Å². The zero-order valence-electron chi connectivity index (χ0n) is 18.9. The molecule has 1 heterocycles. The highest BCUT2D eigenvalue weighted by atomic mass is 35.5. The lowest BCUT2D eigenvalue weighted by molar-refractivity contribution is -0.119. The minimum absolute atomic E-state index is 0.0575. The standard InChI is InChI=1S/C24H27ClN2O6/c1-15(2)13-32-23-19(25)10-16(11-20(23)31-3)24(30)33-14-21(28)26-17-6-4-7-18(12-17)27-9-5-8-22(27)29/h4,6-7,10-12,15H,5,8-9,13-14H2,1-3H3,(H,26,28). The van der Waals surface area contributed by atoms with E-state index in [-0.39, 0.29) is 22.4 Å². The van der Waals surface area contributed by atoms with Gasteiger partial charge in [0, 0.05) is 24.3 Å². The van der Waals surface area contributed by atoms with Crippen molar-refractivity contribution in [1.82, 2.24) is 0 Å². The summed E-state index contributed by atoms with van der Waals surface area (Å²) in [6.45, 7) is 4.60. The number of anilines is 2. The number of nitrogens with zero attached hydrogens (tertiary/aromatic N) is 1. The SMILES string of the molecule is COc1cc(C(=O)OCC(=O)Nc2cccc(N3CCCC3=O)c2)cc(Cl)c1OCC(C)C. The maximum absolute atomic E-state index is 12.5. The first-order valence-corrected chi connectivity index (χ1v) is 11.0. The second-order valence-electron chi connectivity index (χ2n) is 8.02. The molecule has 2 aromatic rings. The third kappa shape index (κ3) is 6.38. The highest BCUT2D eigenvalue weighted by Crippen LogP contribution is 2.37. The molecule has 2 amide bonds. The summed E-state index contributed by atoms with van der Waals surface area (Å²) < 4.78 is 16.1. The number of carbonyl (C=O) groups is 3. The van der Waals surface area contributed by atoms with Gasteiger partial charge in [0.05, 0.1) is 24.3 Å². The normalized spacial score (nSPS) is 13.2. The van der Waals surface area contributed by atoms with Crippen molar-refractivity contribution in [2.45, 2.75) is 26.7 Å². The highest BCUT2D eigenvalue weighted by molar-refractivity contribution is 6.32. The number of rotatable bonds is 9. The number of nitrogens with one attached hydrogen (secondary N) is 1. The number of amides is 2. The Morgan fingerprint density at radius 2 is 2.00 bits per heavy atom. The third-order valence-electron chi connectivity index (χ3n) is 4.88. The molecule has 9 heteroatoms. The minimum atomic E-state index is -0.725. The second-order valence-corrected chi connectivity index (χ2v) is 8.43. The number of benzene rings is 2. The first kappa shape index (κ1) is 24.4. The van der Waals surface area contributed by atoms with Crippen LogP contribution in [0.3, 0.4) is 0 Å². The number of hydrogen-bond acceptors (Lipinski definition) is 6. The van der Waals surface area contributed by atoms with Crippen LogP contribution in [0.15, 0.2) is 36.4 Å². The minimum Gasteiger partial charge on any atom is -0.493 e. The molecule has 1 saturated heterocycles. The Balaban J connectivity index is 1.60. The third-order valence-corrected chi connectivity index (χ3v) is 5.16. The summed E-state index contributed by atoms with van der Waals surface area (Å²) in [5.74, 6) is -0.251. The quantitative estimate of drug-likeness (QED) is 0.544. The van der Waals surface area contributed by atoms with E-state index >= 15 is 0 Å². The van der Waals surface area contributed by atoms with Gasteiger partial charge in [-0.3, -0.25) is 9.59 Å². The first-order valence-electron chi connectivity index (χ1n) is 10.7. The van der Waals surface area contributed by atoms with E-state index in [0.717, 1.165) is 6.42 Å². The van der Waals surface area contributed by atoms with Crippen molar-refractivity contribution in [2.24, 2.45) is 5.92 Å². The molecule has 1 aliphatic heterocycles. The summed E-state index contributed by atoms with van der Waals surface area (Å²) in [7, 11) is 1.44. The van der Waals surface area contributed by atoms with Crippen molar-refractivity contribution in [2.75, 3.05) is 37.1 Å². The van der Waals surface area contributed by atoms with Crippen molar-refractivity contribution in [1.29, 1.82) is 0 Å². The molecule has 0 bridgehead atoms. The largest absolute Gasteiger partial charge is 0.493 e. The number of hydrogen-bond donors (Lipinski definition) is 1. The van der Waals surface area contributed by atoms with Crippen LogP contribution >= 0.6 is 11.6 Å². The number of carbonyl (C=O) groups excluding carboxylic acids is 3. The van der Waals surface area contributed by atoms with E-state index in [0.29, 0.717) is 42.4 Å². The molecule has 1 N–H and O–H groups in total. The van der Waals surface area contributed by atoms with Gasteiger partial charge in [0.25, 0.3) is 5.91 Å². The molecular weight excluding hydrogens is 448 g/mol. The van der Waals surface area contributed by atoms with E-state index in [2.05, 4.69) is 5.32 Å². The summed E-state index contributed by atoms with van der Waals surface area (Å²) in [5, 5.41) is 2.88. The second kappa shape index (κ2) is 11.0. The summed E-state index contributed by atoms with van der Waals surface area (Å²) in [4.78, 5) is 38.4. The van der Waals surface area contributed by atoms with Crippen LogP contribution in [0.4, 0.5) is 11.4 Å². The zero-order chi connectivity index (χ0) is 24.0. The maximum Gasteiger partial charge on any atom is 0.338 e. The molecule has 8 nitrogen and oxygen atoms in total. The van der Waals surface area contributed by atoms with Crippen LogP contribution in [0, 0.1) is 5.92 Å². The summed E-state index contributed by atoms with van der Waals surface area (Å²) in [6, 6.07) is 9.84. The number of halogens is 1. The number of methoxy groups -OCH3 is 1. The summed E-state index contributed by atoms with van der Waals surface area (Å²) in [5.41, 5.74) is 1.36. The Hall–Kier alpha value is -3.26. The fraction of sp³-hybridized carbons (Fsp3) is 0.375. The molecule has 1 aliphatic rings. The summed E-state index contributed by atoms with van der Waals surface area (Å²) in [6.07, 6.45) is 1.33. The molecule has 0 aliphatic carbocycles. The fourth-order valence-electron chi connectivity index (χ4n) is 3.31. The van der Waals surface area contributed by atoms with Crippen LogP contribution in [0.5, 0.6) is 11.5 Å². The van der Waals surface area contributed by atoms with Gasteiger partial charge >= 0.3 is 5.97 Å². The van der Waals surface area contributed by atoms with Gasteiger partial charge in [0.2, 0.25) is 5.91 Å². The molecule has 176 valence electrons. The van der Waals surface area contributed by atoms with Crippen molar-refractivity contribution < 1.29 is 28.6 Å². The highest BCUT2D eigenvalue weighted by Gasteiger charge is 2.22.